The standard InChI is InChI=1S/C11H15BrN2O2/c1-16-10-6-14-5-9(12)8(10)4-11(15)2-3-13-7-11/h5-6,13,15H,2-4,7H2,1H3. The van der Waals surface area contributed by atoms with Crippen LogP contribution in [-0.2, 0) is 6.42 Å². The van der Waals surface area contributed by atoms with Gasteiger partial charge in [-0.15, -0.1) is 0 Å². The molecule has 1 aliphatic heterocycles. The molecule has 2 rings (SSSR count). The number of hydrogen-bond donors (Lipinski definition) is 2. The Morgan fingerprint density at radius 3 is 3.06 bits per heavy atom. The van der Waals surface area contributed by atoms with E-state index in [1.807, 2.05) is 0 Å². The van der Waals surface area contributed by atoms with Gasteiger partial charge in [0, 0.05) is 29.2 Å². The molecular formula is C11H15BrN2O2. The predicted molar refractivity (Wildman–Crippen MR) is 64.6 cm³/mol. The molecule has 0 spiro atoms. The zero-order valence-corrected chi connectivity index (χ0v) is 10.7. The highest BCUT2D eigenvalue weighted by Gasteiger charge is 2.32. The number of aromatic nitrogens is 1. The Hall–Kier alpha value is -0.650. The highest BCUT2D eigenvalue weighted by Crippen LogP contribution is 2.31. The van der Waals surface area contributed by atoms with Crippen molar-refractivity contribution in [2.75, 3.05) is 20.2 Å². The van der Waals surface area contributed by atoms with E-state index in [0.717, 1.165) is 28.8 Å². The third-order valence-corrected chi connectivity index (χ3v) is 3.60. The van der Waals surface area contributed by atoms with Gasteiger partial charge in [-0.2, -0.15) is 0 Å². The summed E-state index contributed by atoms with van der Waals surface area (Å²) in [6, 6.07) is 0. The lowest BCUT2D eigenvalue weighted by atomic mass is 9.94. The van der Waals surface area contributed by atoms with Gasteiger partial charge in [0.2, 0.25) is 0 Å². The summed E-state index contributed by atoms with van der Waals surface area (Å²) < 4.78 is 6.14. The average Bonchev–Trinajstić information content (AvgIpc) is 2.68. The van der Waals surface area contributed by atoms with Crippen molar-refractivity contribution in [3.05, 3.63) is 22.4 Å². The highest BCUT2D eigenvalue weighted by molar-refractivity contribution is 9.10. The molecule has 1 aliphatic rings. The maximum absolute atomic E-state index is 10.3. The lowest BCUT2D eigenvalue weighted by Gasteiger charge is -2.22. The summed E-state index contributed by atoms with van der Waals surface area (Å²) in [6.45, 7) is 1.49. The zero-order chi connectivity index (χ0) is 11.6. The molecule has 1 aromatic heterocycles. The number of nitrogens with zero attached hydrogens (tertiary/aromatic N) is 1. The summed E-state index contributed by atoms with van der Waals surface area (Å²) in [6.07, 6.45) is 4.74. The smallest absolute Gasteiger partial charge is 0.141 e. The van der Waals surface area contributed by atoms with E-state index >= 15 is 0 Å². The summed E-state index contributed by atoms with van der Waals surface area (Å²) in [5.41, 5.74) is 0.306. The second-order valence-electron chi connectivity index (χ2n) is 4.13. The van der Waals surface area contributed by atoms with Crippen molar-refractivity contribution in [2.24, 2.45) is 0 Å². The quantitative estimate of drug-likeness (QED) is 0.874. The van der Waals surface area contributed by atoms with Gasteiger partial charge in [-0.25, -0.2) is 0 Å². The fourth-order valence-electron chi connectivity index (χ4n) is 2.00. The van der Waals surface area contributed by atoms with Crippen LogP contribution >= 0.6 is 15.9 Å². The molecule has 0 saturated carbocycles. The molecule has 1 unspecified atom stereocenters. The molecular weight excluding hydrogens is 272 g/mol. The minimum Gasteiger partial charge on any atom is -0.495 e. The number of ether oxygens (including phenoxy) is 1. The Labute approximate surface area is 103 Å². The molecule has 0 bridgehead atoms. The third kappa shape index (κ3) is 2.36. The minimum absolute atomic E-state index is 0.576. The van der Waals surface area contributed by atoms with Gasteiger partial charge >= 0.3 is 0 Å². The number of pyridine rings is 1. The normalized spacial score (nSPS) is 24.7. The number of nitrogens with one attached hydrogen (secondary N) is 1. The van der Waals surface area contributed by atoms with E-state index in [1.165, 1.54) is 0 Å². The number of hydrogen-bond acceptors (Lipinski definition) is 4. The largest absolute Gasteiger partial charge is 0.495 e. The molecule has 4 nitrogen and oxygen atoms in total. The Morgan fingerprint density at radius 1 is 1.62 bits per heavy atom. The molecule has 1 saturated heterocycles. The van der Waals surface area contributed by atoms with Gasteiger partial charge in [-0.05, 0) is 28.9 Å². The fourth-order valence-corrected chi connectivity index (χ4v) is 2.46. The van der Waals surface area contributed by atoms with Gasteiger partial charge in [0.05, 0.1) is 18.9 Å². The first-order valence-corrected chi connectivity index (χ1v) is 6.03. The molecule has 0 aliphatic carbocycles. The van der Waals surface area contributed by atoms with E-state index in [9.17, 15) is 5.11 Å². The van der Waals surface area contributed by atoms with Gasteiger partial charge in [-0.3, -0.25) is 4.98 Å². The van der Waals surface area contributed by atoms with Gasteiger partial charge in [0.25, 0.3) is 0 Å². The molecule has 2 N–H and O–H groups in total. The Kier molecular flexibility index (Phi) is 3.47. The van der Waals surface area contributed by atoms with Crippen LogP contribution in [0.3, 0.4) is 0 Å². The summed E-state index contributed by atoms with van der Waals surface area (Å²) in [5, 5.41) is 13.5. The first-order valence-electron chi connectivity index (χ1n) is 5.24. The topological polar surface area (TPSA) is 54.4 Å². The van der Waals surface area contributed by atoms with Crippen molar-refractivity contribution in [2.45, 2.75) is 18.4 Å². The van der Waals surface area contributed by atoms with E-state index in [4.69, 9.17) is 4.74 Å². The summed E-state index contributed by atoms with van der Waals surface area (Å²) in [4.78, 5) is 4.04. The van der Waals surface area contributed by atoms with E-state index in [0.29, 0.717) is 13.0 Å². The Bertz CT molecular complexity index is 378. The van der Waals surface area contributed by atoms with Crippen molar-refractivity contribution in [1.29, 1.82) is 0 Å². The van der Waals surface area contributed by atoms with Crippen molar-refractivity contribution < 1.29 is 9.84 Å². The number of β-amino-alcohol motifs (C(OH)–C–C–N with tert-alkyl or cyclic N) is 1. The van der Waals surface area contributed by atoms with Gasteiger partial charge < -0.3 is 15.2 Å². The maximum Gasteiger partial charge on any atom is 0.141 e. The third-order valence-electron chi connectivity index (χ3n) is 2.91. The van der Waals surface area contributed by atoms with Gasteiger partial charge in [-0.1, -0.05) is 0 Å². The van der Waals surface area contributed by atoms with Gasteiger partial charge in [0.1, 0.15) is 5.75 Å². The molecule has 88 valence electrons. The first-order chi connectivity index (χ1) is 7.64. The summed E-state index contributed by atoms with van der Waals surface area (Å²) >= 11 is 3.45. The molecule has 0 aromatic carbocycles. The first kappa shape index (κ1) is 11.8. The van der Waals surface area contributed by atoms with Crippen LogP contribution in [0, 0.1) is 0 Å². The monoisotopic (exact) mass is 286 g/mol. The summed E-state index contributed by atoms with van der Waals surface area (Å²) in [7, 11) is 1.61. The van der Waals surface area contributed by atoms with Crippen LogP contribution in [0.25, 0.3) is 0 Å². The second kappa shape index (κ2) is 4.69. The predicted octanol–water partition coefficient (Wildman–Crippen LogP) is 1.12. The summed E-state index contributed by atoms with van der Waals surface area (Å²) in [5.74, 6) is 0.717. The van der Waals surface area contributed by atoms with Gasteiger partial charge in [0.15, 0.2) is 0 Å². The van der Waals surface area contributed by atoms with Crippen molar-refractivity contribution in [3.8, 4) is 5.75 Å². The van der Waals surface area contributed by atoms with Crippen molar-refractivity contribution in [1.82, 2.24) is 10.3 Å². The Balaban J connectivity index is 2.26. The van der Waals surface area contributed by atoms with E-state index in [-0.39, 0.29) is 0 Å². The molecule has 1 atom stereocenters. The molecule has 1 aromatic rings. The van der Waals surface area contributed by atoms with Crippen LogP contribution in [0.2, 0.25) is 0 Å². The number of halogens is 1. The van der Waals surface area contributed by atoms with E-state index in [2.05, 4.69) is 26.2 Å². The minimum atomic E-state index is -0.669. The van der Waals surface area contributed by atoms with E-state index < -0.39 is 5.60 Å². The fraction of sp³-hybridized carbons (Fsp3) is 0.545. The van der Waals surface area contributed by atoms with Crippen LogP contribution in [0.1, 0.15) is 12.0 Å². The SMILES string of the molecule is COc1cncc(Br)c1CC1(O)CCNC1. The molecule has 0 amide bonds. The van der Waals surface area contributed by atoms with Crippen molar-refractivity contribution >= 4 is 15.9 Å². The van der Waals surface area contributed by atoms with Crippen LogP contribution in [0.5, 0.6) is 5.75 Å². The number of methoxy groups -OCH3 is 1. The zero-order valence-electron chi connectivity index (χ0n) is 9.16. The molecule has 5 heteroatoms. The lowest BCUT2D eigenvalue weighted by molar-refractivity contribution is 0.0610. The molecule has 2 heterocycles. The highest BCUT2D eigenvalue weighted by atomic mass is 79.9. The molecule has 16 heavy (non-hydrogen) atoms. The average molecular weight is 287 g/mol. The van der Waals surface area contributed by atoms with Crippen molar-refractivity contribution in [3.63, 3.8) is 0 Å². The van der Waals surface area contributed by atoms with Crippen LogP contribution in [-0.4, -0.2) is 35.9 Å². The van der Waals surface area contributed by atoms with Crippen LogP contribution < -0.4 is 10.1 Å². The van der Waals surface area contributed by atoms with E-state index in [1.54, 1.807) is 19.5 Å². The number of aliphatic hydroxyl groups is 1. The van der Waals surface area contributed by atoms with Crippen LogP contribution in [0.4, 0.5) is 0 Å². The maximum atomic E-state index is 10.3. The Morgan fingerprint density at radius 2 is 2.44 bits per heavy atom. The van der Waals surface area contributed by atoms with Crippen LogP contribution in [0.15, 0.2) is 16.9 Å². The number of rotatable bonds is 3. The lowest BCUT2D eigenvalue weighted by Crippen LogP contribution is -2.34. The molecule has 1 fully saturated rings. The second-order valence-corrected chi connectivity index (χ2v) is 4.98. The molecule has 0 radical (unpaired) electrons.